The lowest BCUT2D eigenvalue weighted by Gasteiger charge is -2.43. The Kier molecular flexibility index (Phi) is 9.73. The maximum atomic E-state index is 9.43. The van der Waals surface area contributed by atoms with Crippen molar-refractivity contribution in [2.75, 3.05) is 13.2 Å². The number of ether oxygens (including phenoxy) is 1. The fraction of sp³-hybridized carbons (Fsp3) is 0.270. The number of pyridine rings is 1. The first kappa shape index (κ1) is 30.6. The maximum absolute atomic E-state index is 9.43. The van der Waals surface area contributed by atoms with Gasteiger partial charge in [0.2, 0.25) is 0 Å². The van der Waals surface area contributed by atoms with Gasteiger partial charge in [0.15, 0.2) is 0 Å². The number of aliphatic hydroxyl groups is 1. The summed E-state index contributed by atoms with van der Waals surface area (Å²) in [6, 6.07) is 30.9. The first-order valence-electron chi connectivity index (χ1n) is 14.9. The molecule has 1 N–H and O–H groups in total. The van der Waals surface area contributed by atoms with E-state index in [0.717, 1.165) is 35.3 Å². The molecule has 1 aliphatic rings. The van der Waals surface area contributed by atoms with E-state index >= 15 is 0 Å². The van der Waals surface area contributed by atoms with Crippen LogP contribution in [0.2, 0.25) is 5.04 Å². The molecule has 0 aliphatic carbocycles. The summed E-state index contributed by atoms with van der Waals surface area (Å²) in [6.07, 6.45) is 7.35. The molecule has 0 saturated heterocycles. The summed E-state index contributed by atoms with van der Waals surface area (Å²) in [4.78, 5) is 4.59. The van der Waals surface area contributed by atoms with Crippen molar-refractivity contribution in [2.24, 2.45) is 0 Å². The van der Waals surface area contributed by atoms with Crippen molar-refractivity contribution < 1.29 is 18.7 Å². The van der Waals surface area contributed by atoms with E-state index in [1.807, 2.05) is 30.3 Å². The summed E-state index contributed by atoms with van der Waals surface area (Å²) >= 11 is 0. The molecule has 6 heteroatoms. The lowest BCUT2D eigenvalue weighted by molar-refractivity contribution is 0.117. The third-order valence-corrected chi connectivity index (χ3v) is 13.0. The minimum absolute atomic E-state index is 0.0908. The van der Waals surface area contributed by atoms with Crippen LogP contribution in [-0.2, 0) is 15.8 Å². The van der Waals surface area contributed by atoms with Crippen LogP contribution in [-0.4, -0.2) is 37.7 Å². The van der Waals surface area contributed by atoms with Crippen LogP contribution in [0.4, 0.5) is 0 Å². The second-order valence-corrected chi connectivity index (χ2v) is 16.2. The van der Waals surface area contributed by atoms with Crippen molar-refractivity contribution in [3.8, 4) is 0 Å². The molecule has 0 bridgehead atoms. The van der Waals surface area contributed by atoms with Crippen LogP contribution in [0, 0.1) is 0 Å². The van der Waals surface area contributed by atoms with Gasteiger partial charge in [0.1, 0.15) is 18.1 Å². The molecule has 1 atom stereocenters. The molecule has 1 unspecified atom stereocenters. The van der Waals surface area contributed by atoms with Crippen molar-refractivity contribution >= 4 is 30.3 Å². The summed E-state index contributed by atoms with van der Waals surface area (Å²) in [7, 11) is -2.68. The third-order valence-electron chi connectivity index (χ3n) is 8.06. The molecular formula is C37H41NO4Si. The highest BCUT2D eigenvalue weighted by molar-refractivity contribution is 6.99. The van der Waals surface area contributed by atoms with E-state index < -0.39 is 8.32 Å². The molecule has 0 spiro atoms. The van der Waals surface area contributed by atoms with Crippen molar-refractivity contribution in [3.05, 3.63) is 138 Å². The van der Waals surface area contributed by atoms with E-state index in [9.17, 15) is 5.11 Å². The van der Waals surface area contributed by atoms with Crippen LogP contribution in [0.3, 0.4) is 0 Å². The Morgan fingerprint density at radius 3 is 2.23 bits per heavy atom. The molecule has 5 nitrogen and oxygen atoms in total. The van der Waals surface area contributed by atoms with Crippen LogP contribution in [0.15, 0.2) is 125 Å². The van der Waals surface area contributed by atoms with Crippen LogP contribution >= 0.6 is 0 Å². The maximum Gasteiger partial charge on any atom is 0.261 e. The Labute approximate surface area is 256 Å². The van der Waals surface area contributed by atoms with Gasteiger partial charge in [-0.25, -0.2) is 0 Å². The van der Waals surface area contributed by atoms with Gasteiger partial charge in [-0.15, -0.1) is 0 Å². The smallest absolute Gasteiger partial charge is 0.261 e. The molecule has 4 aromatic rings. The minimum Gasteiger partial charge on any atom is -0.459 e. The number of aromatic nitrogens is 1. The lowest BCUT2D eigenvalue weighted by Crippen LogP contribution is -2.66. The molecule has 2 aromatic carbocycles. The SMILES string of the molecule is C=C(CO[Si](c1ccccc1)(c1ccccc1)C(C)(C)C)C1=CCOC1CC/C(=C/c1ccc(CO)o1)c1ccccn1. The van der Waals surface area contributed by atoms with E-state index in [1.165, 1.54) is 10.4 Å². The molecule has 3 heterocycles. The summed E-state index contributed by atoms with van der Waals surface area (Å²) in [5, 5.41) is 11.8. The Morgan fingerprint density at radius 2 is 1.65 bits per heavy atom. The number of allylic oxidation sites excluding steroid dienone is 1. The highest BCUT2D eigenvalue weighted by atomic mass is 28.4. The zero-order valence-electron chi connectivity index (χ0n) is 25.3. The fourth-order valence-corrected chi connectivity index (χ4v) is 10.5. The number of aliphatic hydroxyl groups excluding tert-OH is 1. The first-order valence-corrected chi connectivity index (χ1v) is 16.8. The molecule has 1 aliphatic heterocycles. The average molecular weight is 592 g/mol. The van der Waals surface area contributed by atoms with Crippen LogP contribution in [0.1, 0.15) is 50.8 Å². The topological polar surface area (TPSA) is 64.7 Å². The Hall–Kier alpha value is -3.81. The van der Waals surface area contributed by atoms with Crippen molar-refractivity contribution in [3.63, 3.8) is 0 Å². The van der Waals surface area contributed by atoms with Crippen LogP contribution in [0.25, 0.3) is 11.6 Å². The van der Waals surface area contributed by atoms with Crippen molar-refractivity contribution in [2.45, 2.75) is 51.4 Å². The standard InChI is InChI=1S/C37H41NO4Si/c1-28(27-41-43(37(2,3)4,32-13-7-5-8-14-32)33-15-9-6-10-16-33)34-22-24-40-36(34)21-18-29(35-17-11-12-23-38-35)25-30-19-20-31(26-39)42-30/h5-17,19-20,22-23,25,36,39H,1,18,21,24,26-27H2,2-4H3/b29-25-. The summed E-state index contributed by atoms with van der Waals surface area (Å²) in [6.45, 7) is 12.2. The Balaban J connectivity index is 1.35. The molecule has 0 fully saturated rings. The van der Waals surface area contributed by atoms with Gasteiger partial charge in [0.05, 0.1) is 25.0 Å². The first-order chi connectivity index (χ1) is 20.8. The number of rotatable bonds is 12. The van der Waals surface area contributed by atoms with Crippen molar-refractivity contribution in [1.29, 1.82) is 0 Å². The predicted molar refractivity (Wildman–Crippen MR) is 177 cm³/mol. The van der Waals surface area contributed by atoms with Gasteiger partial charge in [-0.05, 0) is 75.3 Å². The van der Waals surface area contributed by atoms with Crippen molar-refractivity contribution in [1.82, 2.24) is 4.98 Å². The number of hydrogen-bond donors (Lipinski definition) is 1. The van der Waals surface area contributed by atoms with E-state index in [1.54, 1.807) is 12.3 Å². The third kappa shape index (κ3) is 6.89. The van der Waals surface area contributed by atoms with E-state index in [0.29, 0.717) is 24.7 Å². The molecule has 0 radical (unpaired) electrons. The largest absolute Gasteiger partial charge is 0.459 e. The normalized spacial score (nSPS) is 15.9. The zero-order valence-corrected chi connectivity index (χ0v) is 26.3. The van der Waals surface area contributed by atoms with Crippen LogP contribution < -0.4 is 10.4 Å². The van der Waals surface area contributed by atoms with E-state index in [2.05, 4.69) is 99.1 Å². The van der Waals surface area contributed by atoms with Gasteiger partial charge in [-0.2, -0.15) is 0 Å². The van der Waals surface area contributed by atoms with Gasteiger partial charge < -0.3 is 18.7 Å². The quantitative estimate of drug-likeness (QED) is 0.181. The molecule has 222 valence electrons. The monoisotopic (exact) mass is 591 g/mol. The van der Waals surface area contributed by atoms with Gasteiger partial charge in [-0.3, -0.25) is 4.98 Å². The summed E-state index contributed by atoms with van der Waals surface area (Å²) in [5.74, 6) is 1.23. The highest BCUT2D eigenvalue weighted by Crippen LogP contribution is 2.38. The van der Waals surface area contributed by atoms with Gasteiger partial charge in [-0.1, -0.05) is 100 Å². The van der Waals surface area contributed by atoms with E-state index in [-0.39, 0.29) is 17.7 Å². The lowest BCUT2D eigenvalue weighted by atomic mass is 9.96. The molecule has 43 heavy (non-hydrogen) atoms. The molecule has 2 aromatic heterocycles. The molecular weight excluding hydrogens is 550 g/mol. The number of hydrogen-bond acceptors (Lipinski definition) is 5. The molecule has 5 rings (SSSR count). The van der Waals surface area contributed by atoms with E-state index in [4.69, 9.17) is 13.6 Å². The minimum atomic E-state index is -2.68. The summed E-state index contributed by atoms with van der Waals surface area (Å²) in [5.41, 5.74) is 4.00. The number of furan rings is 1. The fourth-order valence-electron chi connectivity index (χ4n) is 5.97. The zero-order chi connectivity index (χ0) is 30.3. The van der Waals surface area contributed by atoms with Gasteiger partial charge in [0.25, 0.3) is 8.32 Å². The average Bonchev–Trinajstić information content (AvgIpc) is 3.70. The molecule has 0 saturated carbocycles. The van der Waals surface area contributed by atoms with Crippen LogP contribution in [0.5, 0.6) is 0 Å². The Morgan fingerprint density at radius 1 is 0.977 bits per heavy atom. The highest BCUT2D eigenvalue weighted by Gasteiger charge is 2.50. The second-order valence-electron chi connectivity index (χ2n) is 11.9. The van der Waals surface area contributed by atoms with Gasteiger partial charge in [0, 0.05) is 6.20 Å². The second kappa shape index (κ2) is 13.7. The number of benzene rings is 2. The number of nitrogens with zero attached hydrogens (tertiary/aromatic N) is 1. The molecule has 0 amide bonds. The Bertz CT molecular complexity index is 1510. The van der Waals surface area contributed by atoms with Gasteiger partial charge >= 0.3 is 0 Å². The summed E-state index contributed by atoms with van der Waals surface area (Å²) < 4.78 is 19.1. The predicted octanol–water partition coefficient (Wildman–Crippen LogP) is 6.95.